The number of fused-ring (bicyclic) bond motifs is 1. The number of hydrogen-bond donors (Lipinski definition) is 3. The Bertz CT molecular complexity index is 988. The van der Waals surface area contributed by atoms with E-state index in [-0.39, 0.29) is 18.2 Å². The second-order valence-corrected chi connectivity index (χ2v) is 9.54. The summed E-state index contributed by atoms with van der Waals surface area (Å²) >= 11 is 2.98. The SMILES string of the molecule is Cc1cc(N)c(C)c(C(C)OC(C)(C)C)c1-c1ccc2c(c1)CCCO2.FC(F)(F)CS.O=CO. The number of carboxylic acid groups (broad SMARTS) is 1. The van der Waals surface area contributed by atoms with Gasteiger partial charge >= 0.3 is 6.18 Å². The Kier molecular flexibility index (Phi) is 11.4. The van der Waals surface area contributed by atoms with Gasteiger partial charge < -0.3 is 20.3 Å². The van der Waals surface area contributed by atoms with Crippen molar-refractivity contribution in [1.82, 2.24) is 0 Å². The van der Waals surface area contributed by atoms with Crippen LogP contribution in [0.2, 0.25) is 0 Å². The molecule has 0 aliphatic carbocycles. The van der Waals surface area contributed by atoms with E-state index in [1.54, 1.807) is 0 Å². The molecule has 2 aromatic carbocycles. The van der Waals surface area contributed by atoms with E-state index in [2.05, 4.69) is 78.4 Å². The average molecular weight is 516 g/mol. The number of carbonyl (C=O) groups is 1. The third kappa shape index (κ3) is 9.64. The van der Waals surface area contributed by atoms with E-state index >= 15 is 0 Å². The largest absolute Gasteiger partial charge is 0.493 e. The summed E-state index contributed by atoms with van der Waals surface area (Å²) in [6.45, 7) is 13.2. The number of hydrogen-bond acceptors (Lipinski definition) is 5. The van der Waals surface area contributed by atoms with Crippen LogP contribution in [0.4, 0.5) is 18.9 Å². The second kappa shape index (κ2) is 13.1. The maximum Gasteiger partial charge on any atom is 0.397 e. The number of nitrogen functional groups attached to an aromatic ring is 1. The number of rotatable bonds is 3. The molecule has 0 amide bonds. The molecule has 5 nitrogen and oxygen atoms in total. The summed E-state index contributed by atoms with van der Waals surface area (Å²) in [7, 11) is 0. The first-order chi connectivity index (χ1) is 16.1. The molecule has 0 aromatic heterocycles. The molecule has 35 heavy (non-hydrogen) atoms. The molecule has 3 rings (SSSR count). The van der Waals surface area contributed by atoms with Crippen LogP contribution >= 0.6 is 12.6 Å². The summed E-state index contributed by atoms with van der Waals surface area (Å²) in [5.74, 6) is -0.0159. The van der Waals surface area contributed by atoms with Crippen molar-refractivity contribution in [3.05, 3.63) is 46.5 Å². The molecule has 196 valence electrons. The van der Waals surface area contributed by atoms with Gasteiger partial charge in [-0.2, -0.15) is 25.8 Å². The molecule has 0 saturated heterocycles. The monoisotopic (exact) mass is 515 g/mol. The minimum Gasteiger partial charge on any atom is -0.493 e. The first-order valence-electron chi connectivity index (χ1n) is 11.2. The molecule has 1 aliphatic rings. The van der Waals surface area contributed by atoms with Crippen LogP contribution in [0.15, 0.2) is 24.3 Å². The van der Waals surface area contributed by atoms with Crippen LogP contribution in [0.25, 0.3) is 11.1 Å². The molecule has 0 spiro atoms. The third-order valence-corrected chi connectivity index (χ3v) is 5.54. The molecule has 1 atom stereocenters. The molecule has 2 aromatic rings. The molecular formula is C26H36F3NO4S. The molecule has 1 heterocycles. The quantitative estimate of drug-likeness (QED) is 0.235. The summed E-state index contributed by atoms with van der Waals surface area (Å²) in [4.78, 5) is 8.36. The van der Waals surface area contributed by atoms with Gasteiger partial charge in [0, 0.05) is 5.69 Å². The molecule has 0 bridgehead atoms. The van der Waals surface area contributed by atoms with Crippen LogP contribution in [-0.2, 0) is 16.0 Å². The second-order valence-electron chi connectivity index (χ2n) is 9.22. The lowest BCUT2D eigenvalue weighted by molar-refractivity contribution is -0.122. The zero-order chi connectivity index (χ0) is 27.0. The number of nitrogens with two attached hydrogens (primary N) is 1. The van der Waals surface area contributed by atoms with Crippen molar-refractivity contribution in [2.75, 3.05) is 18.1 Å². The van der Waals surface area contributed by atoms with Crippen LogP contribution in [0, 0.1) is 13.8 Å². The number of aryl methyl sites for hydroxylation is 2. The van der Waals surface area contributed by atoms with Crippen molar-refractivity contribution in [3.63, 3.8) is 0 Å². The Hall–Kier alpha value is -2.39. The summed E-state index contributed by atoms with van der Waals surface area (Å²) in [6, 6.07) is 8.62. The van der Waals surface area contributed by atoms with E-state index in [0.717, 1.165) is 36.4 Å². The van der Waals surface area contributed by atoms with Crippen LogP contribution in [-0.4, -0.2) is 35.7 Å². The zero-order valence-corrected chi connectivity index (χ0v) is 22.0. The fourth-order valence-corrected chi connectivity index (χ4v) is 3.97. The first kappa shape index (κ1) is 30.6. The predicted octanol–water partition coefficient (Wildman–Crippen LogP) is 6.93. The number of benzene rings is 2. The van der Waals surface area contributed by atoms with Gasteiger partial charge in [-0.25, -0.2) is 0 Å². The van der Waals surface area contributed by atoms with Gasteiger partial charge in [0.1, 0.15) is 5.75 Å². The van der Waals surface area contributed by atoms with Crippen molar-refractivity contribution in [3.8, 4) is 16.9 Å². The molecular weight excluding hydrogens is 479 g/mol. The van der Waals surface area contributed by atoms with Gasteiger partial charge in [0.25, 0.3) is 6.47 Å². The van der Waals surface area contributed by atoms with Crippen LogP contribution in [0.5, 0.6) is 5.75 Å². The lowest BCUT2D eigenvalue weighted by Gasteiger charge is -2.29. The molecule has 0 saturated carbocycles. The lowest BCUT2D eigenvalue weighted by Crippen LogP contribution is -2.22. The van der Waals surface area contributed by atoms with E-state index < -0.39 is 11.9 Å². The topological polar surface area (TPSA) is 81.8 Å². The lowest BCUT2D eigenvalue weighted by atomic mass is 9.87. The molecule has 9 heteroatoms. The highest BCUT2D eigenvalue weighted by molar-refractivity contribution is 7.80. The highest BCUT2D eigenvalue weighted by atomic mass is 32.1. The van der Waals surface area contributed by atoms with Gasteiger partial charge in [0.05, 0.1) is 24.1 Å². The zero-order valence-electron chi connectivity index (χ0n) is 21.1. The van der Waals surface area contributed by atoms with E-state index in [0.29, 0.717) is 0 Å². The first-order valence-corrected chi connectivity index (χ1v) is 11.9. The van der Waals surface area contributed by atoms with E-state index in [9.17, 15) is 13.2 Å². The van der Waals surface area contributed by atoms with Crippen molar-refractivity contribution >= 4 is 24.8 Å². The Morgan fingerprint density at radius 3 is 2.31 bits per heavy atom. The van der Waals surface area contributed by atoms with Gasteiger partial charge in [0.2, 0.25) is 0 Å². The fourth-order valence-electron chi connectivity index (χ4n) is 3.97. The van der Waals surface area contributed by atoms with Crippen molar-refractivity contribution < 1.29 is 32.5 Å². The van der Waals surface area contributed by atoms with Crippen LogP contribution in [0.3, 0.4) is 0 Å². The molecule has 0 fully saturated rings. The smallest absolute Gasteiger partial charge is 0.397 e. The maximum atomic E-state index is 10.7. The standard InChI is InChI=1S/C23H31NO2.C2H3F3S.CH2O2/c1-14-12-19(24)15(2)22(16(3)26-23(4,5)6)21(14)18-9-10-20-17(13-18)8-7-11-25-20;3-2(4,5)1-6;2-1-3/h9-10,12-13,16H,7-8,11,24H2,1-6H3;6H,1H2;1H,(H,2,3). The predicted molar refractivity (Wildman–Crippen MR) is 137 cm³/mol. The average Bonchev–Trinajstić information content (AvgIpc) is 2.75. The van der Waals surface area contributed by atoms with Crippen LogP contribution in [0.1, 0.15) is 62.5 Å². The Morgan fingerprint density at radius 1 is 1.23 bits per heavy atom. The number of alkyl halides is 3. The fraction of sp³-hybridized carbons (Fsp3) is 0.500. The summed E-state index contributed by atoms with van der Waals surface area (Å²) in [5.41, 5.74) is 14.1. The number of ether oxygens (including phenoxy) is 2. The van der Waals surface area contributed by atoms with Gasteiger partial charge in [-0.1, -0.05) is 6.07 Å². The van der Waals surface area contributed by atoms with Gasteiger partial charge in [-0.15, -0.1) is 0 Å². The molecule has 1 unspecified atom stereocenters. The Labute approximate surface area is 211 Å². The van der Waals surface area contributed by atoms with E-state index in [1.807, 2.05) is 0 Å². The summed E-state index contributed by atoms with van der Waals surface area (Å²) in [6.07, 6.45) is -1.99. The number of thiol groups is 1. The number of halogens is 3. The Balaban J connectivity index is 0.000000586. The number of anilines is 1. The maximum absolute atomic E-state index is 10.7. The highest BCUT2D eigenvalue weighted by Gasteiger charge is 2.25. The molecule has 3 N–H and O–H groups in total. The van der Waals surface area contributed by atoms with Crippen molar-refractivity contribution in [1.29, 1.82) is 0 Å². The normalized spacial score (nSPS) is 13.8. The summed E-state index contributed by atoms with van der Waals surface area (Å²) in [5, 5.41) is 6.89. The highest BCUT2D eigenvalue weighted by Crippen LogP contribution is 2.41. The minimum atomic E-state index is -4.09. The van der Waals surface area contributed by atoms with Gasteiger partial charge in [0.15, 0.2) is 0 Å². The van der Waals surface area contributed by atoms with E-state index in [1.165, 1.54) is 27.8 Å². The van der Waals surface area contributed by atoms with Crippen molar-refractivity contribution in [2.45, 2.75) is 72.3 Å². The van der Waals surface area contributed by atoms with Crippen molar-refractivity contribution in [2.24, 2.45) is 0 Å². The van der Waals surface area contributed by atoms with Gasteiger partial charge in [-0.3, -0.25) is 4.79 Å². The minimum absolute atomic E-state index is 0.0421. The van der Waals surface area contributed by atoms with Gasteiger partial charge in [-0.05, 0) is 106 Å². The Morgan fingerprint density at radius 2 is 1.80 bits per heavy atom. The molecule has 0 radical (unpaired) electrons. The summed E-state index contributed by atoms with van der Waals surface area (Å²) < 4.78 is 44.2. The molecule has 1 aliphatic heterocycles. The third-order valence-electron chi connectivity index (χ3n) is 5.19. The van der Waals surface area contributed by atoms with E-state index in [4.69, 9.17) is 25.1 Å². The van der Waals surface area contributed by atoms with Crippen LogP contribution < -0.4 is 10.5 Å².